The van der Waals surface area contributed by atoms with Crippen molar-refractivity contribution in [1.29, 1.82) is 0 Å². The van der Waals surface area contributed by atoms with E-state index >= 15 is 0 Å². The van der Waals surface area contributed by atoms with Crippen LogP contribution in [-0.2, 0) is 6.54 Å². The summed E-state index contributed by atoms with van der Waals surface area (Å²) in [7, 11) is 0. The van der Waals surface area contributed by atoms with Gasteiger partial charge in [0.05, 0.1) is 21.7 Å². The number of aryl methyl sites for hydroxylation is 1. The number of nitrogens with one attached hydrogen (secondary N) is 2. The van der Waals surface area contributed by atoms with E-state index in [0.717, 1.165) is 24.0 Å². The van der Waals surface area contributed by atoms with Gasteiger partial charge in [-0.15, -0.1) is 0 Å². The van der Waals surface area contributed by atoms with Gasteiger partial charge in [0.1, 0.15) is 0 Å². The highest BCUT2D eigenvalue weighted by Gasteiger charge is 2.13. The summed E-state index contributed by atoms with van der Waals surface area (Å²) in [6, 6.07) is 14.5. The van der Waals surface area contributed by atoms with Crippen LogP contribution in [0.5, 0.6) is 0 Å². The molecule has 5 nitrogen and oxygen atoms in total. The Kier molecular flexibility index (Phi) is 4.48. The fourth-order valence-electron chi connectivity index (χ4n) is 2.44. The van der Waals surface area contributed by atoms with Gasteiger partial charge in [0.25, 0.3) is 0 Å². The molecule has 0 aliphatic rings. The summed E-state index contributed by atoms with van der Waals surface area (Å²) < 4.78 is 2.00. The quantitative estimate of drug-likeness (QED) is 0.726. The molecule has 3 rings (SSSR count). The van der Waals surface area contributed by atoms with Crippen LogP contribution in [0.3, 0.4) is 0 Å². The highest BCUT2D eigenvalue weighted by molar-refractivity contribution is 6.33. The number of nitrogens with zero attached hydrogens (tertiary/aromatic N) is 2. The molecule has 0 aliphatic carbocycles. The van der Waals surface area contributed by atoms with Crippen LogP contribution in [0, 0.1) is 0 Å². The Morgan fingerprint density at radius 3 is 2.65 bits per heavy atom. The molecule has 1 aromatic heterocycles. The maximum absolute atomic E-state index is 12.2. The number of rotatable bonds is 4. The van der Waals surface area contributed by atoms with E-state index in [0.29, 0.717) is 16.7 Å². The fourth-order valence-corrected chi connectivity index (χ4v) is 2.62. The number of urea groups is 1. The first kappa shape index (κ1) is 15.4. The number of para-hydroxylation sites is 3. The van der Waals surface area contributed by atoms with E-state index in [4.69, 9.17) is 11.6 Å². The molecule has 3 aromatic rings. The monoisotopic (exact) mass is 328 g/mol. The van der Waals surface area contributed by atoms with Crippen molar-refractivity contribution in [2.75, 3.05) is 10.6 Å². The summed E-state index contributed by atoms with van der Waals surface area (Å²) in [5, 5.41) is 6.03. The predicted octanol–water partition coefficient (Wildman–Crippen LogP) is 4.74. The lowest BCUT2D eigenvalue weighted by molar-refractivity contribution is 0.262. The molecular formula is C17H17ClN4O. The van der Waals surface area contributed by atoms with Gasteiger partial charge in [-0.05, 0) is 30.7 Å². The van der Waals surface area contributed by atoms with Gasteiger partial charge in [-0.25, -0.2) is 9.78 Å². The Balaban J connectivity index is 1.84. The molecule has 23 heavy (non-hydrogen) atoms. The van der Waals surface area contributed by atoms with Crippen LogP contribution in [0.25, 0.3) is 11.0 Å². The summed E-state index contributed by atoms with van der Waals surface area (Å²) in [6.45, 7) is 2.87. The van der Waals surface area contributed by atoms with Gasteiger partial charge in [0.15, 0.2) is 0 Å². The molecule has 0 fully saturated rings. The van der Waals surface area contributed by atoms with E-state index in [2.05, 4.69) is 22.5 Å². The van der Waals surface area contributed by atoms with Crippen LogP contribution in [-0.4, -0.2) is 15.6 Å². The molecule has 0 spiro atoms. The van der Waals surface area contributed by atoms with Crippen molar-refractivity contribution in [3.63, 3.8) is 0 Å². The highest BCUT2D eigenvalue weighted by atomic mass is 35.5. The van der Waals surface area contributed by atoms with Gasteiger partial charge in [0, 0.05) is 6.54 Å². The maximum atomic E-state index is 12.2. The second kappa shape index (κ2) is 6.71. The molecule has 6 heteroatoms. The Labute approximate surface area is 139 Å². The average Bonchev–Trinajstić information content (AvgIpc) is 2.88. The zero-order chi connectivity index (χ0) is 16.2. The summed E-state index contributed by atoms with van der Waals surface area (Å²) in [5.74, 6) is 0.526. The summed E-state index contributed by atoms with van der Waals surface area (Å²) >= 11 is 6.05. The number of anilines is 2. The minimum absolute atomic E-state index is 0.370. The predicted molar refractivity (Wildman–Crippen MR) is 94.1 cm³/mol. The van der Waals surface area contributed by atoms with Crippen molar-refractivity contribution < 1.29 is 4.79 Å². The molecule has 2 N–H and O–H groups in total. The van der Waals surface area contributed by atoms with Gasteiger partial charge in [-0.1, -0.05) is 42.8 Å². The number of hydrogen-bond donors (Lipinski definition) is 2. The number of imidazole rings is 1. The lowest BCUT2D eigenvalue weighted by Gasteiger charge is -2.10. The number of hydrogen-bond acceptors (Lipinski definition) is 2. The van der Waals surface area contributed by atoms with Crippen LogP contribution in [0.1, 0.15) is 13.3 Å². The number of amides is 2. The first-order valence-corrected chi connectivity index (χ1v) is 7.84. The SMILES string of the molecule is CCCn1c(NC(=O)Nc2ccccc2Cl)nc2ccccc21. The summed E-state index contributed by atoms with van der Waals surface area (Å²) in [4.78, 5) is 16.7. The molecule has 0 unspecified atom stereocenters. The molecular weight excluding hydrogens is 312 g/mol. The third kappa shape index (κ3) is 3.29. The number of aromatic nitrogens is 2. The van der Waals surface area contributed by atoms with E-state index in [1.54, 1.807) is 12.1 Å². The van der Waals surface area contributed by atoms with Gasteiger partial charge >= 0.3 is 6.03 Å². The molecule has 0 saturated carbocycles. The van der Waals surface area contributed by atoms with Crippen LogP contribution in [0.4, 0.5) is 16.4 Å². The third-order valence-corrected chi connectivity index (χ3v) is 3.78. The lowest BCUT2D eigenvalue weighted by atomic mass is 10.3. The number of carbonyl (C=O) groups excluding carboxylic acids is 1. The number of fused-ring (bicyclic) bond motifs is 1. The first-order chi connectivity index (χ1) is 11.2. The molecule has 0 aliphatic heterocycles. The van der Waals surface area contributed by atoms with E-state index < -0.39 is 0 Å². The topological polar surface area (TPSA) is 59.0 Å². The van der Waals surface area contributed by atoms with E-state index in [-0.39, 0.29) is 6.03 Å². The Bertz CT molecular complexity index is 843. The minimum atomic E-state index is -0.370. The molecule has 118 valence electrons. The molecule has 1 heterocycles. The first-order valence-electron chi connectivity index (χ1n) is 7.47. The van der Waals surface area contributed by atoms with Crippen molar-refractivity contribution in [2.45, 2.75) is 19.9 Å². The molecule has 0 bridgehead atoms. The average molecular weight is 329 g/mol. The largest absolute Gasteiger partial charge is 0.326 e. The van der Waals surface area contributed by atoms with Crippen molar-refractivity contribution >= 4 is 40.3 Å². The van der Waals surface area contributed by atoms with Gasteiger partial charge in [-0.3, -0.25) is 5.32 Å². The second-order valence-electron chi connectivity index (χ2n) is 5.13. The lowest BCUT2D eigenvalue weighted by Crippen LogP contribution is -2.22. The van der Waals surface area contributed by atoms with Crippen LogP contribution < -0.4 is 10.6 Å². The van der Waals surface area contributed by atoms with Crippen molar-refractivity contribution in [3.05, 3.63) is 53.6 Å². The van der Waals surface area contributed by atoms with E-state index in [1.807, 2.05) is 41.0 Å². The maximum Gasteiger partial charge on any atom is 0.326 e. The van der Waals surface area contributed by atoms with Crippen LogP contribution in [0.15, 0.2) is 48.5 Å². The zero-order valence-corrected chi connectivity index (χ0v) is 13.5. The number of benzene rings is 2. The number of halogens is 1. The van der Waals surface area contributed by atoms with Crippen molar-refractivity contribution in [2.24, 2.45) is 0 Å². The van der Waals surface area contributed by atoms with Crippen molar-refractivity contribution in [1.82, 2.24) is 9.55 Å². The Morgan fingerprint density at radius 2 is 1.87 bits per heavy atom. The standard InChI is InChI=1S/C17H17ClN4O/c1-2-11-22-15-10-6-5-9-14(15)19-16(22)21-17(23)20-13-8-4-3-7-12(13)18/h3-10H,2,11H2,1H3,(H2,19,20,21,23). The Morgan fingerprint density at radius 1 is 1.13 bits per heavy atom. The molecule has 0 atom stereocenters. The third-order valence-electron chi connectivity index (χ3n) is 3.45. The smallest absolute Gasteiger partial charge is 0.310 e. The van der Waals surface area contributed by atoms with E-state index in [1.165, 1.54) is 0 Å². The number of carbonyl (C=O) groups is 1. The molecule has 2 amide bonds. The van der Waals surface area contributed by atoms with E-state index in [9.17, 15) is 4.79 Å². The minimum Gasteiger partial charge on any atom is -0.310 e. The zero-order valence-electron chi connectivity index (χ0n) is 12.7. The fraction of sp³-hybridized carbons (Fsp3) is 0.176. The van der Waals surface area contributed by atoms with Crippen molar-refractivity contribution in [3.8, 4) is 0 Å². The molecule has 0 radical (unpaired) electrons. The van der Waals surface area contributed by atoms with Crippen LogP contribution in [0.2, 0.25) is 5.02 Å². The second-order valence-corrected chi connectivity index (χ2v) is 5.54. The Hall–Kier alpha value is -2.53. The van der Waals surface area contributed by atoms with Gasteiger partial charge in [-0.2, -0.15) is 0 Å². The summed E-state index contributed by atoms with van der Waals surface area (Å²) in [6.07, 6.45) is 0.946. The van der Waals surface area contributed by atoms with Gasteiger partial charge < -0.3 is 9.88 Å². The normalized spacial score (nSPS) is 10.7. The van der Waals surface area contributed by atoms with Crippen LogP contribution >= 0.6 is 11.6 Å². The summed E-state index contributed by atoms with van der Waals surface area (Å²) in [5.41, 5.74) is 2.42. The van der Waals surface area contributed by atoms with Gasteiger partial charge in [0.2, 0.25) is 5.95 Å². The highest BCUT2D eigenvalue weighted by Crippen LogP contribution is 2.22. The molecule has 0 saturated heterocycles. The molecule has 2 aromatic carbocycles.